The molecule has 0 saturated heterocycles. The molecule has 0 radical (unpaired) electrons. The van der Waals surface area contributed by atoms with E-state index in [1.54, 1.807) is 0 Å². The molecule has 6 heteroatoms. The molecule has 0 aliphatic carbocycles. The number of benzene rings is 1. The summed E-state index contributed by atoms with van der Waals surface area (Å²) >= 11 is 10.9. The van der Waals surface area contributed by atoms with Crippen molar-refractivity contribution in [3.63, 3.8) is 0 Å². The smallest absolute Gasteiger partial charge is 0.232 e. The molecule has 0 saturated carbocycles. The lowest BCUT2D eigenvalue weighted by atomic mass is 10.2. The summed E-state index contributed by atoms with van der Waals surface area (Å²) in [6.07, 6.45) is 0. The van der Waals surface area contributed by atoms with Gasteiger partial charge >= 0.3 is 0 Å². The van der Waals surface area contributed by atoms with Crippen molar-refractivity contribution in [2.75, 3.05) is 0 Å². The van der Waals surface area contributed by atoms with Crippen molar-refractivity contribution in [3.8, 4) is 11.6 Å². The fourth-order valence-electron chi connectivity index (χ4n) is 1.67. The summed E-state index contributed by atoms with van der Waals surface area (Å²) < 4.78 is 6.72. The lowest BCUT2D eigenvalue weighted by molar-refractivity contribution is 0.465. The van der Waals surface area contributed by atoms with E-state index in [1.165, 1.54) is 11.3 Å². The number of nitrogens with zero attached hydrogens (tertiary/aromatic N) is 2. The second-order valence-electron chi connectivity index (χ2n) is 3.97. The molecular formula is C13H8BrClN2OS. The van der Waals surface area contributed by atoms with E-state index in [-0.39, 0.29) is 5.28 Å². The Balaban J connectivity index is 2.07. The van der Waals surface area contributed by atoms with Crippen LogP contribution in [0.5, 0.6) is 11.6 Å². The van der Waals surface area contributed by atoms with Gasteiger partial charge in [0, 0.05) is 0 Å². The van der Waals surface area contributed by atoms with Gasteiger partial charge in [-0.2, -0.15) is 4.98 Å². The Bertz CT molecular complexity index is 759. The fraction of sp³-hybridized carbons (Fsp3) is 0.0769. The monoisotopic (exact) mass is 354 g/mol. The van der Waals surface area contributed by atoms with Crippen LogP contribution in [-0.2, 0) is 0 Å². The molecular weight excluding hydrogens is 348 g/mol. The number of thiophene rings is 1. The molecule has 0 bridgehead atoms. The van der Waals surface area contributed by atoms with Gasteiger partial charge in [-0.25, -0.2) is 4.98 Å². The molecule has 0 fully saturated rings. The highest BCUT2D eigenvalue weighted by atomic mass is 79.9. The molecule has 2 aromatic heterocycles. The first kappa shape index (κ1) is 12.8. The van der Waals surface area contributed by atoms with Crippen molar-refractivity contribution in [1.82, 2.24) is 9.97 Å². The van der Waals surface area contributed by atoms with Crippen LogP contribution >= 0.6 is 38.9 Å². The Labute approximate surface area is 127 Å². The van der Waals surface area contributed by atoms with Gasteiger partial charge in [0.1, 0.15) is 10.6 Å². The lowest BCUT2D eigenvalue weighted by Crippen LogP contribution is -1.92. The van der Waals surface area contributed by atoms with E-state index in [0.717, 1.165) is 20.3 Å². The maximum atomic E-state index is 5.90. The summed E-state index contributed by atoms with van der Waals surface area (Å²) in [6.45, 7) is 2.02. The Morgan fingerprint density at radius 3 is 2.89 bits per heavy atom. The van der Waals surface area contributed by atoms with Gasteiger partial charge < -0.3 is 4.74 Å². The van der Waals surface area contributed by atoms with Gasteiger partial charge in [-0.1, -0.05) is 6.07 Å². The predicted octanol–water partition coefficient (Wildman–Crippen LogP) is 5.21. The topological polar surface area (TPSA) is 35.0 Å². The molecule has 19 heavy (non-hydrogen) atoms. The van der Waals surface area contributed by atoms with E-state index in [4.69, 9.17) is 16.3 Å². The van der Waals surface area contributed by atoms with E-state index in [1.807, 2.05) is 36.6 Å². The van der Waals surface area contributed by atoms with Crippen LogP contribution in [0.3, 0.4) is 0 Å². The minimum atomic E-state index is 0.188. The molecule has 3 rings (SSSR count). The molecule has 1 aromatic carbocycles. The number of hydrogen-bond donors (Lipinski definition) is 0. The Morgan fingerprint density at radius 1 is 1.26 bits per heavy atom. The third-order valence-electron chi connectivity index (χ3n) is 2.56. The standard InChI is InChI=1S/C13H8BrClN2OS/c1-7-2-3-10(9(14)6-7)18-11-8-4-5-19-12(8)17-13(15)16-11/h2-6H,1H3. The SMILES string of the molecule is Cc1ccc(Oc2nc(Cl)nc3sccc23)c(Br)c1. The molecule has 96 valence electrons. The molecule has 0 atom stereocenters. The molecule has 3 aromatic rings. The van der Waals surface area contributed by atoms with Crippen LogP contribution in [0.1, 0.15) is 5.56 Å². The number of aryl methyl sites for hydroxylation is 1. The normalized spacial score (nSPS) is 10.9. The summed E-state index contributed by atoms with van der Waals surface area (Å²) in [6, 6.07) is 7.79. The zero-order chi connectivity index (χ0) is 13.4. The van der Waals surface area contributed by atoms with Crippen LogP contribution in [-0.4, -0.2) is 9.97 Å². The first-order valence-electron chi connectivity index (χ1n) is 5.48. The molecule has 0 unspecified atom stereocenters. The predicted molar refractivity (Wildman–Crippen MR) is 81.4 cm³/mol. The number of halogens is 2. The first-order chi connectivity index (χ1) is 9.13. The van der Waals surface area contributed by atoms with Gasteiger partial charge in [-0.05, 0) is 63.6 Å². The molecule has 3 nitrogen and oxygen atoms in total. The largest absolute Gasteiger partial charge is 0.437 e. The quantitative estimate of drug-likeness (QED) is 0.592. The zero-order valence-corrected chi connectivity index (χ0v) is 13.0. The molecule has 0 aliphatic heterocycles. The third kappa shape index (κ3) is 2.59. The fourth-order valence-corrected chi connectivity index (χ4v) is 3.21. The van der Waals surface area contributed by atoms with E-state index in [2.05, 4.69) is 25.9 Å². The molecule has 0 amide bonds. The molecule has 2 heterocycles. The first-order valence-corrected chi connectivity index (χ1v) is 7.53. The number of rotatable bonds is 2. The van der Waals surface area contributed by atoms with Gasteiger partial charge in [0.2, 0.25) is 11.2 Å². The number of hydrogen-bond acceptors (Lipinski definition) is 4. The number of aromatic nitrogens is 2. The van der Waals surface area contributed by atoms with Crippen LogP contribution in [0.4, 0.5) is 0 Å². The van der Waals surface area contributed by atoms with E-state index >= 15 is 0 Å². The van der Waals surface area contributed by atoms with Gasteiger partial charge in [0.05, 0.1) is 9.86 Å². The van der Waals surface area contributed by atoms with Crippen molar-refractivity contribution in [1.29, 1.82) is 0 Å². The Kier molecular flexibility index (Phi) is 3.43. The van der Waals surface area contributed by atoms with E-state index in [9.17, 15) is 0 Å². The van der Waals surface area contributed by atoms with Crippen molar-refractivity contribution >= 4 is 49.1 Å². The molecule has 0 N–H and O–H groups in total. The van der Waals surface area contributed by atoms with Crippen LogP contribution in [0.2, 0.25) is 5.28 Å². The van der Waals surface area contributed by atoms with E-state index < -0.39 is 0 Å². The van der Waals surface area contributed by atoms with Crippen molar-refractivity contribution in [2.45, 2.75) is 6.92 Å². The summed E-state index contributed by atoms with van der Waals surface area (Å²) in [5, 5.41) is 2.99. The van der Waals surface area contributed by atoms with Gasteiger partial charge in [0.15, 0.2) is 0 Å². The zero-order valence-electron chi connectivity index (χ0n) is 9.85. The van der Waals surface area contributed by atoms with Crippen LogP contribution in [0, 0.1) is 6.92 Å². The van der Waals surface area contributed by atoms with Gasteiger partial charge in [-0.15, -0.1) is 11.3 Å². The summed E-state index contributed by atoms with van der Waals surface area (Å²) in [4.78, 5) is 9.12. The van der Waals surface area contributed by atoms with E-state index in [0.29, 0.717) is 11.6 Å². The average Bonchev–Trinajstić information content (AvgIpc) is 2.80. The van der Waals surface area contributed by atoms with Crippen molar-refractivity contribution in [2.24, 2.45) is 0 Å². The summed E-state index contributed by atoms with van der Waals surface area (Å²) in [5.41, 5.74) is 1.15. The Morgan fingerprint density at radius 2 is 2.11 bits per heavy atom. The second kappa shape index (κ2) is 5.07. The van der Waals surface area contributed by atoms with Gasteiger partial charge in [-0.3, -0.25) is 0 Å². The maximum absolute atomic E-state index is 5.90. The van der Waals surface area contributed by atoms with Crippen LogP contribution < -0.4 is 4.74 Å². The highest BCUT2D eigenvalue weighted by Crippen LogP contribution is 2.34. The highest BCUT2D eigenvalue weighted by molar-refractivity contribution is 9.10. The molecule has 0 aliphatic rings. The second-order valence-corrected chi connectivity index (χ2v) is 6.06. The van der Waals surface area contributed by atoms with Crippen molar-refractivity contribution in [3.05, 3.63) is 45.0 Å². The molecule has 0 spiro atoms. The number of fused-ring (bicyclic) bond motifs is 1. The lowest BCUT2D eigenvalue weighted by Gasteiger charge is -2.08. The average molecular weight is 356 g/mol. The number of ether oxygens (including phenoxy) is 1. The van der Waals surface area contributed by atoms with Gasteiger partial charge in [0.25, 0.3) is 0 Å². The minimum absolute atomic E-state index is 0.188. The Hall–Kier alpha value is -1.17. The summed E-state index contributed by atoms with van der Waals surface area (Å²) in [5.74, 6) is 1.17. The maximum Gasteiger partial charge on any atom is 0.232 e. The minimum Gasteiger partial charge on any atom is -0.437 e. The highest BCUT2D eigenvalue weighted by Gasteiger charge is 2.11. The third-order valence-corrected chi connectivity index (χ3v) is 4.15. The van der Waals surface area contributed by atoms with Crippen LogP contribution in [0.15, 0.2) is 34.1 Å². The van der Waals surface area contributed by atoms with Crippen molar-refractivity contribution < 1.29 is 4.74 Å². The summed E-state index contributed by atoms with van der Waals surface area (Å²) in [7, 11) is 0. The van der Waals surface area contributed by atoms with Crippen LogP contribution in [0.25, 0.3) is 10.2 Å².